The van der Waals surface area contributed by atoms with Crippen molar-refractivity contribution in [1.82, 2.24) is 0 Å². The third-order valence-corrected chi connectivity index (χ3v) is 3.49. The SMILES string of the molecule is COc1cccc(C=NCCCN=Cc2cccc(OC)c2[O-])c1[O-].O=[N+]([O-])[O-].O=[N+]([O-])[O-].O=[N+]([O-])[O-].[Cu+2].[Eu+3]. The summed E-state index contributed by atoms with van der Waals surface area (Å²) in [7, 11) is 2.93. The van der Waals surface area contributed by atoms with Gasteiger partial charge >= 0.3 is 66.4 Å². The summed E-state index contributed by atoms with van der Waals surface area (Å²) in [5.74, 6) is 0.265. The molecule has 0 heterocycles. The van der Waals surface area contributed by atoms with Crippen LogP contribution in [0.4, 0.5) is 0 Å². The third kappa shape index (κ3) is 24.8. The van der Waals surface area contributed by atoms with E-state index in [-0.39, 0.29) is 77.9 Å². The van der Waals surface area contributed by atoms with Crippen molar-refractivity contribution in [3.63, 3.8) is 0 Å². The van der Waals surface area contributed by atoms with Crippen LogP contribution in [0.1, 0.15) is 17.5 Å². The molecule has 39 heavy (non-hydrogen) atoms. The molecule has 0 amide bonds. The van der Waals surface area contributed by atoms with Gasteiger partial charge in [-0.3, -0.25) is 9.98 Å². The number of nitrogens with zero attached hydrogens (tertiary/aromatic N) is 5. The van der Waals surface area contributed by atoms with Gasteiger partial charge < -0.3 is 65.7 Å². The van der Waals surface area contributed by atoms with Gasteiger partial charge in [0.05, 0.1) is 29.5 Å². The number of methoxy groups -OCH3 is 2. The van der Waals surface area contributed by atoms with E-state index < -0.39 is 15.3 Å². The van der Waals surface area contributed by atoms with Crippen molar-refractivity contribution in [2.45, 2.75) is 6.42 Å². The fourth-order valence-electron chi connectivity index (χ4n) is 2.17. The number of benzene rings is 2. The van der Waals surface area contributed by atoms with Gasteiger partial charge in [-0.2, -0.15) is 0 Å². The fourth-order valence-corrected chi connectivity index (χ4v) is 2.17. The van der Waals surface area contributed by atoms with E-state index in [0.29, 0.717) is 42.1 Å². The Bertz CT molecular complexity index is 956. The number of hydrogen-bond acceptors (Lipinski definition) is 15. The van der Waals surface area contributed by atoms with Crippen molar-refractivity contribution < 1.29 is 101 Å². The van der Waals surface area contributed by atoms with Crippen LogP contribution in [0.25, 0.3) is 0 Å². The summed E-state index contributed by atoms with van der Waals surface area (Å²) in [6.45, 7) is 1.08. The molecule has 2 rings (SSSR count). The van der Waals surface area contributed by atoms with Gasteiger partial charge in [0.25, 0.3) is 0 Å². The van der Waals surface area contributed by atoms with Crippen molar-refractivity contribution in [3.05, 3.63) is 93.5 Å². The third-order valence-electron chi connectivity index (χ3n) is 3.49. The molecule has 0 bridgehead atoms. The zero-order valence-corrected chi connectivity index (χ0v) is 23.3. The number of rotatable bonds is 8. The van der Waals surface area contributed by atoms with Crippen molar-refractivity contribution in [3.8, 4) is 23.0 Å². The summed E-state index contributed by atoms with van der Waals surface area (Å²) >= 11 is 0. The standard InChI is InChI=1S/C19H22N2O4.Cu.Eu.3NO3/c1-24-16-8-3-6-14(18(16)22)12-20-10-5-11-21-13-15-7-4-9-17(25-2)19(15)23;;;3*2-1(3)4/h3-4,6-9,12-13,22-23H,5,10-11H2,1-2H3;;;;;/q;+2;+3;3*-1/p-2. The quantitative estimate of drug-likeness (QED) is 0.120. The second-order valence-corrected chi connectivity index (χ2v) is 5.85. The molecule has 0 N–H and O–H groups in total. The summed E-state index contributed by atoms with van der Waals surface area (Å²) in [6, 6.07) is 10.1. The summed E-state index contributed by atoms with van der Waals surface area (Å²) in [4.78, 5) is 33.2. The predicted octanol–water partition coefficient (Wildman–Crippen LogP) is 1.06. The zero-order chi connectivity index (χ0) is 28.8. The zero-order valence-electron chi connectivity index (χ0n) is 20.0. The summed E-state index contributed by atoms with van der Waals surface area (Å²) in [6.07, 6.45) is 3.81. The molecule has 0 unspecified atom stereocenters. The van der Waals surface area contributed by atoms with Crippen LogP contribution < -0.4 is 19.7 Å². The minimum atomic E-state index is -1.75. The maximum absolute atomic E-state index is 11.9. The van der Waals surface area contributed by atoms with Crippen molar-refractivity contribution in [1.29, 1.82) is 0 Å². The number of para-hydroxylation sites is 2. The van der Waals surface area contributed by atoms with E-state index in [9.17, 15) is 10.2 Å². The Kier molecular flexibility index (Phi) is 28.8. The minimum absolute atomic E-state index is 0. The van der Waals surface area contributed by atoms with E-state index >= 15 is 0 Å². The van der Waals surface area contributed by atoms with Gasteiger partial charge in [-0.25, -0.2) is 0 Å². The molecular formula is C19H20CuEuN5O13. The van der Waals surface area contributed by atoms with E-state index in [1.165, 1.54) is 14.2 Å². The number of aliphatic imine (C=N–C) groups is 2. The molecule has 1 radical (unpaired) electrons. The molecule has 0 fully saturated rings. The first-order valence-corrected chi connectivity index (χ1v) is 9.49. The van der Waals surface area contributed by atoms with Crippen LogP contribution in [-0.2, 0) is 17.1 Å². The topological polar surface area (TPSA) is 288 Å². The molecule has 217 valence electrons. The van der Waals surface area contributed by atoms with Crippen LogP contribution in [0, 0.1) is 95.3 Å². The molecule has 0 saturated carbocycles. The molecule has 0 spiro atoms. The molecule has 0 aliphatic heterocycles. The van der Waals surface area contributed by atoms with Crippen LogP contribution in [0.5, 0.6) is 23.0 Å². The average Bonchev–Trinajstić information content (AvgIpc) is 2.79. The summed E-state index contributed by atoms with van der Waals surface area (Å²) in [5, 5.41) is 68.1. The molecule has 0 aliphatic rings. The van der Waals surface area contributed by atoms with Crippen LogP contribution in [-0.4, -0.2) is 55.0 Å². The van der Waals surface area contributed by atoms with E-state index in [0.717, 1.165) is 0 Å². The molecule has 18 nitrogen and oxygen atoms in total. The normalized spacial score (nSPS) is 9.08. The van der Waals surface area contributed by atoms with Crippen LogP contribution >= 0.6 is 0 Å². The Morgan fingerprint density at radius 3 is 1.23 bits per heavy atom. The average molecular weight is 742 g/mol. The molecule has 0 aliphatic carbocycles. The Labute approximate surface area is 272 Å². The van der Waals surface area contributed by atoms with Gasteiger partial charge in [0, 0.05) is 25.5 Å². The van der Waals surface area contributed by atoms with Crippen molar-refractivity contribution >= 4 is 12.4 Å². The van der Waals surface area contributed by atoms with Gasteiger partial charge in [0.2, 0.25) is 0 Å². The molecule has 2 aromatic rings. The first-order valence-electron chi connectivity index (χ1n) is 9.49. The first kappa shape index (κ1) is 42.8. The van der Waals surface area contributed by atoms with Gasteiger partial charge in [-0.05, 0) is 29.7 Å². The minimum Gasteiger partial charge on any atom is -0.870 e. The molecule has 20 heteroatoms. The van der Waals surface area contributed by atoms with E-state index in [1.807, 2.05) is 0 Å². The molecule has 0 atom stereocenters. The van der Waals surface area contributed by atoms with Crippen LogP contribution in [0.3, 0.4) is 0 Å². The van der Waals surface area contributed by atoms with Crippen LogP contribution in [0.15, 0.2) is 46.4 Å². The number of hydrogen-bond donors (Lipinski definition) is 0. The van der Waals surface area contributed by atoms with E-state index in [2.05, 4.69) is 9.98 Å². The maximum atomic E-state index is 11.9. The summed E-state index contributed by atoms with van der Waals surface area (Å²) < 4.78 is 9.97. The largest absolute Gasteiger partial charge is 3.00 e. The Balaban J connectivity index is -0.000000370. The molecule has 2 aromatic carbocycles. The number of ether oxygens (including phenoxy) is 2. The van der Waals surface area contributed by atoms with Gasteiger partial charge in [0.1, 0.15) is 11.5 Å². The van der Waals surface area contributed by atoms with Gasteiger partial charge in [-0.15, -0.1) is 0 Å². The van der Waals surface area contributed by atoms with Gasteiger partial charge in [-0.1, -0.05) is 35.8 Å². The monoisotopic (exact) mass is 742 g/mol. The first-order chi connectivity index (χ1) is 17.4. The molecule has 0 aromatic heterocycles. The van der Waals surface area contributed by atoms with E-state index in [4.69, 9.17) is 55.4 Å². The van der Waals surface area contributed by atoms with E-state index in [1.54, 1.807) is 48.8 Å². The summed E-state index contributed by atoms with van der Waals surface area (Å²) in [5.41, 5.74) is 0.991. The fraction of sp³-hybridized carbons (Fsp3) is 0.263. The van der Waals surface area contributed by atoms with Gasteiger partial charge in [0.15, 0.2) is 0 Å². The Morgan fingerprint density at radius 1 is 0.692 bits per heavy atom. The molecular weight excluding hydrogens is 722 g/mol. The van der Waals surface area contributed by atoms with Crippen molar-refractivity contribution in [2.75, 3.05) is 27.3 Å². The molecule has 0 saturated heterocycles. The predicted molar refractivity (Wildman–Crippen MR) is 126 cm³/mol. The second kappa shape index (κ2) is 26.3. The Hall–Kier alpha value is -3.32. The van der Waals surface area contributed by atoms with Crippen LogP contribution in [0.2, 0.25) is 0 Å². The van der Waals surface area contributed by atoms with Crippen molar-refractivity contribution in [2.24, 2.45) is 9.98 Å². The maximum Gasteiger partial charge on any atom is 3.00 e. The smallest absolute Gasteiger partial charge is 0.870 e. The Morgan fingerprint density at radius 2 is 0.974 bits per heavy atom. The second-order valence-electron chi connectivity index (χ2n) is 5.85.